The summed E-state index contributed by atoms with van der Waals surface area (Å²) in [6.07, 6.45) is 4.51. The first kappa shape index (κ1) is 16.5. The summed E-state index contributed by atoms with van der Waals surface area (Å²) in [5.74, 6) is 2.75. The van der Waals surface area contributed by atoms with Crippen molar-refractivity contribution in [3.05, 3.63) is 54.9 Å². The Hall–Kier alpha value is -2.34. The third kappa shape index (κ3) is 4.14. The van der Waals surface area contributed by atoms with Crippen LogP contribution in [0.2, 0.25) is 0 Å². The van der Waals surface area contributed by atoms with Gasteiger partial charge in [0.15, 0.2) is 11.0 Å². The number of hydrogen-bond acceptors (Lipinski definition) is 5. The van der Waals surface area contributed by atoms with E-state index in [-0.39, 0.29) is 0 Å². The summed E-state index contributed by atoms with van der Waals surface area (Å²) >= 11 is 1.72. The van der Waals surface area contributed by atoms with Gasteiger partial charge in [-0.3, -0.25) is 4.98 Å². The molecule has 2 aromatic heterocycles. The van der Waals surface area contributed by atoms with E-state index in [1.54, 1.807) is 24.2 Å². The Morgan fingerprint density at radius 3 is 2.58 bits per heavy atom. The van der Waals surface area contributed by atoms with Gasteiger partial charge in [0, 0.05) is 30.3 Å². The Morgan fingerprint density at radius 1 is 1.04 bits per heavy atom. The van der Waals surface area contributed by atoms with Gasteiger partial charge in [-0.25, -0.2) is 0 Å². The number of thioether (sulfide) groups is 1. The van der Waals surface area contributed by atoms with Gasteiger partial charge in [-0.2, -0.15) is 0 Å². The van der Waals surface area contributed by atoms with E-state index in [1.807, 2.05) is 42.5 Å². The molecule has 0 saturated heterocycles. The number of aromatic nitrogens is 4. The fraction of sp³-hybridized carbons (Fsp3) is 0.278. The van der Waals surface area contributed by atoms with Gasteiger partial charge < -0.3 is 9.30 Å². The number of ether oxygens (including phenoxy) is 1. The van der Waals surface area contributed by atoms with E-state index in [4.69, 9.17) is 4.74 Å². The molecule has 0 fully saturated rings. The van der Waals surface area contributed by atoms with Crippen molar-refractivity contribution in [1.82, 2.24) is 19.7 Å². The maximum atomic E-state index is 5.71. The van der Waals surface area contributed by atoms with Crippen molar-refractivity contribution in [2.75, 3.05) is 12.4 Å². The van der Waals surface area contributed by atoms with Gasteiger partial charge in [0.2, 0.25) is 0 Å². The molecular weight excluding hydrogens is 320 g/mol. The summed E-state index contributed by atoms with van der Waals surface area (Å²) in [6, 6.07) is 13.8. The maximum Gasteiger partial charge on any atom is 0.191 e. The standard InChI is InChI=1S/C18H20N4OS/c1-2-22-17(15-9-11-19-12-10-15)20-21-18(22)24-14-6-13-23-16-7-4-3-5-8-16/h3-5,7-12H,2,6,13-14H2,1H3. The Bertz CT molecular complexity index is 746. The number of nitrogens with zero attached hydrogens (tertiary/aromatic N) is 4. The molecule has 0 amide bonds. The second kappa shape index (κ2) is 8.49. The normalized spacial score (nSPS) is 10.7. The third-order valence-electron chi connectivity index (χ3n) is 3.50. The summed E-state index contributed by atoms with van der Waals surface area (Å²) < 4.78 is 7.85. The predicted octanol–water partition coefficient (Wildman–Crippen LogP) is 3.92. The van der Waals surface area contributed by atoms with Gasteiger partial charge in [0.05, 0.1) is 6.61 Å². The van der Waals surface area contributed by atoms with Gasteiger partial charge in [0.1, 0.15) is 5.75 Å². The highest BCUT2D eigenvalue weighted by molar-refractivity contribution is 7.99. The van der Waals surface area contributed by atoms with Crippen LogP contribution in [0.15, 0.2) is 60.0 Å². The van der Waals surface area contributed by atoms with Crippen LogP contribution in [-0.4, -0.2) is 32.1 Å². The van der Waals surface area contributed by atoms with Crippen LogP contribution >= 0.6 is 11.8 Å². The molecule has 2 heterocycles. The first-order valence-corrected chi connectivity index (χ1v) is 9.01. The van der Waals surface area contributed by atoms with Crippen LogP contribution in [0.1, 0.15) is 13.3 Å². The van der Waals surface area contributed by atoms with E-state index < -0.39 is 0 Å². The van der Waals surface area contributed by atoms with Crippen LogP contribution in [0, 0.1) is 0 Å². The average molecular weight is 340 g/mol. The lowest BCUT2D eigenvalue weighted by Gasteiger charge is -2.08. The molecule has 0 aliphatic rings. The van der Waals surface area contributed by atoms with Crippen molar-refractivity contribution in [2.45, 2.75) is 25.0 Å². The summed E-state index contributed by atoms with van der Waals surface area (Å²) in [5, 5.41) is 9.62. The highest BCUT2D eigenvalue weighted by Gasteiger charge is 2.12. The van der Waals surface area contributed by atoms with Gasteiger partial charge >= 0.3 is 0 Å². The second-order valence-corrected chi connectivity index (χ2v) is 6.21. The molecule has 3 aromatic rings. The summed E-state index contributed by atoms with van der Waals surface area (Å²) in [5.41, 5.74) is 1.04. The summed E-state index contributed by atoms with van der Waals surface area (Å²) in [7, 11) is 0. The number of benzene rings is 1. The van der Waals surface area contributed by atoms with Crippen LogP contribution in [-0.2, 0) is 6.54 Å². The third-order valence-corrected chi connectivity index (χ3v) is 4.56. The molecule has 124 valence electrons. The zero-order valence-corrected chi connectivity index (χ0v) is 14.4. The van der Waals surface area contributed by atoms with Crippen molar-refractivity contribution < 1.29 is 4.74 Å². The van der Waals surface area contributed by atoms with Crippen LogP contribution in [0.25, 0.3) is 11.4 Å². The quantitative estimate of drug-likeness (QED) is 0.459. The van der Waals surface area contributed by atoms with E-state index >= 15 is 0 Å². The molecular formula is C18H20N4OS. The highest BCUT2D eigenvalue weighted by Crippen LogP contribution is 2.24. The van der Waals surface area contributed by atoms with Gasteiger partial charge in [-0.15, -0.1) is 10.2 Å². The number of rotatable bonds is 8. The van der Waals surface area contributed by atoms with Crippen LogP contribution in [0.4, 0.5) is 0 Å². The molecule has 0 aliphatic carbocycles. The van der Waals surface area contributed by atoms with E-state index in [0.717, 1.165) is 41.0 Å². The zero-order valence-electron chi connectivity index (χ0n) is 13.6. The van der Waals surface area contributed by atoms with Crippen molar-refractivity contribution in [3.8, 4) is 17.1 Å². The minimum atomic E-state index is 0.703. The van der Waals surface area contributed by atoms with E-state index in [2.05, 4.69) is 26.7 Å². The molecule has 6 heteroatoms. The smallest absolute Gasteiger partial charge is 0.191 e. The molecule has 0 atom stereocenters. The Morgan fingerprint density at radius 2 is 1.83 bits per heavy atom. The van der Waals surface area contributed by atoms with Crippen LogP contribution in [0.5, 0.6) is 5.75 Å². The highest BCUT2D eigenvalue weighted by atomic mass is 32.2. The van der Waals surface area contributed by atoms with Crippen molar-refractivity contribution >= 4 is 11.8 Å². The predicted molar refractivity (Wildman–Crippen MR) is 96.2 cm³/mol. The van der Waals surface area contributed by atoms with Crippen molar-refractivity contribution in [2.24, 2.45) is 0 Å². The van der Waals surface area contributed by atoms with E-state index in [1.165, 1.54) is 0 Å². The lowest BCUT2D eigenvalue weighted by Crippen LogP contribution is -2.02. The van der Waals surface area contributed by atoms with Gasteiger partial charge in [-0.1, -0.05) is 30.0 Å². The average Bonchev–Trinajstić information content (AvgIpc) is 3.06. The molecule has 0 bridgehead atoms. The fourth-order valence-electron chi connectivity index (χ4n) is 2.32. The summed E-state index contributed by atoms with van der Waals surface area (Å²) in [4.78, 5) is 4.05. The number of hydrogen-bond donors (Lipinski definition) is 0. The van der Waals surface area contributed by atoms with E-state index in [0.29, 0.717) is 6.61 Å². The largest absolute Gasteiger partial charge is 0.494 e. The van der Waals surface area contributed by atoms with Crippen LogP contribution < -0.4 is 4.74 Å². The maximum absolute atomic E-state index is 5.71. The van der Waals surface area contributed by atoms with Crippen molar-refractivity contribution in [1.29, 1.82) is 0 Å². The molecule has 0 radical (unpaired) electrons. The zero-order chi connectivity index (χ0) is 16.6. The first-order valence-electron chi connectivity index (χ1n) is 8.02. The Kier molecular flexibility index (Phi) is 5.85. The molecule has 5 nitrogen and oxygen atoms in total. The molecule has 0 N–H and O–H groups in total. The molecule has 3 rings (SSSR count). The molecule has 0 unspecified atom stereocenters. The van der Waals surface area contributed by atoms with E-state index in [9.17, 15) is 0 Å². The minimum absolute atomic E-state index is 0.703. The Balaban J connectivity index is 1.53. The molecule has 1 aromatic carbocycles. The number of pyridine rings is 1. The lowest BCUT2D eigenvalue weighted by molar-refractivity contribution is 0.318. The first-order chi connectivity index (χ1) is 11.9. The molecule has 24 heavy (non-hydrogen) atoms. The topological polar surface area (TPSA) is 52.8 Å². The molecule has 0 spiro atoms. The second-order valence-electron chi connectivity index (χ2n) is 5.15. The van der Waals surface area contributed by atoms with Gasteiger partial charge in [-0.05, 0) is 37.6 Å². The fourth-order valence-corrected chi connectivity index (χ4v) is 3.24. The monoisotopic (exact) mass is 340 g/mol. The number of para-hydroxylation sites is 1. The SMILES string of the molecule is CCn1c(SCCCOc2ccccc2)nnc1-c1ccncc1. The van der Waals surface area contributed by atoms with Crippen LogP contribution in [0.3, 0.4) is 0 Å². The summed E-state index contributed by atoms with van der Waals surface area (Å²) in [6.45, 7) is 3.65. The van der Waals surface area contributed by atoms with Crippen molar-refractivity contribution in [3.63, 3.8) is 0 Å². The molecule has 0 aliphatic heterocycles. The molecule has 0 saturated carbocycles. The lowest BCUT2D eigenvalue weighted by atomic mass is 10.2. The van der Waals surface area contributed by atoms with Gasteiger partial charge in [0.25, 0.3) is 0 Å². The Labute approximate surface area is 146 Å². The minimum Gasteiger partial charge on any atom is -0.494 e.